The van der Waals surface area contributed by atoms with Gasteiger partial charge in [-0.25, -0.2) is 0 Å². The number of benzene rings is 2. The molecule has 1 atom stereocenters. The number of ketones is 1. The van der Waals surface area contributed by atoms with Crippen LogP contribution in [0.15, 0.2) is 54.5 Å². The average Bonchev–Trinajstić information content (AvgIpc) is 2.49. The van der Waals surface area contributed by atoms with E-state index in [1.54, 1.807) is 24.3 Å². The largest absolute Gasteiger partial charge is 0.480 e. The third kappa shape index (κ3) is 3.30. The van der Waals surface area contributed by atoms with Crippen molar-refractivity contribution in [2.75, 3.05) is 0 Å². The van der Waals surface area contributed by atoms with Crippen molar-refractivity contribution < 1.29 is 17.4 Å². The summed E-state index contributed by atoms with van der Waals surface area (Å²) in [7, 11) is 0. The van der Waals surface area contributed by atoms with Gasteiger partial charge in [0.15, 0.2) is 5.78 Å². The maximum absolute atomic E-state index is 12.3. The molecule has 0 amide bonds. The molecule has 102 valence electrons. The molecule has 2 rings (SSSR count). The average molecular weight is 273 g/mol. The minimum atomic E-state index is -1.08. The Hall–Kier alpha value is -2.46. The molecule has 0 aliphatic carbocycles. The Morgan fingerprint density at radius 2 is 1.85 bits per heavy atom. The van der Waals surface area contributed by atoms with Gasteiger partial charge in [-0.3, -0.25) is 9.59 Å². The lowest BCUT2D eigenvalue weighted by molar-refractivity contribution is -0.138. The molecule has 1 unspecified atom stereocenters. The van der Waals surface area contributed by atoms with Crippen LogP contribution in [0.1, 0.15) is 24.2 Å². The SMILES string of the molecule is [3H]c1ccc([3H])c(C(=O)c2ccc(CC(N)C(=O)O)cc2)c1. The number of hydrogen-bond acceptors (Lipinski definition) is 3. The smallest absolute Gasteiger partial charge is 0.320 e. The van der Waals surface area contributed by atoms with Crippen molar-refractivity contribution in [3.8, 4) is 0 Å². The van der Waals surface area contributed by atoms with Crippen molar-refractivity contribution in [1.29, 1.82) is 0 Å². The molecule has 0 radical (unpaired) electrons. The summed E-state index contributed by atoms with van der Waals surface area (Å²) in [6.45, 7) is 0. The molecule has 0 fully saturated rings. The molecule has 4 heteroatoms. The van der Waals surface area contributed by atoms with E-state index in [4.69, 9.17) is 13.6 Å². The molecular weight excluding hydrogens is 254 g/mol. The van der Waals surface area contributed by atoms with Crippen LogP contribution in [-0.2, 0) is 11.2 Å². The summed E-state index contributed by atoms with van der Waals surface area (Å²) in [6.07, 6.45) is 0.176. The van der Waals surface area contributed by atoms with Gasteiger partial charge in [0.2, 0.25) is 0 Å². The molecule has 20 heavy (non-hydrogen) atoms. The van der Waals surface area contributed by atoms with E-state index in [0.29, 0.717) is 11.1 Å². The summed E-state index contributed by atoms with van der Waals surface area (Å²) in [5, 5.41) is 8.77. The van der Waals surface area contributed by atoms with E-state index in [1.807, 2.05) is 0 Å². The molecule has 0 aliphatic rings. The van der Waals surface area contributed by atoms with E-state index >= 15 is 0 Å². The third-order valence-electron chi connectivity index (χ3n) is 2.88. The summed E-state index contributed by atoms with van der Waals surface area (Å²) >= 11 is 0. The van der Waals surface area contributed by atoms with Gasteiger partial charge in [-0.15, -0.1) is 0 Å². The maximum atomic E-state index is 12.3. The Morgan fingerprint density at radius 3 is 2.50 bits per heavy atom. The van der Waals surface area contributed by atoms with Gasteiger partial charge in [-0.1, -0.05) is 54.5 Å². The van der Waals surface area contributed by atoms with Crippen molar-refractivity contribution in [3.63, 3.8) is 0 Å². The van der Waals surface area contributed by atoms with Gasteiger partial charge in [-0.2, -0.15) is 0 Å². The lowest BCUT2D eigenvalue weighted by atomic mass is 10.00. The highest BCUT2D eigenvalue weighted by Crippen LogP contribution is 2.12. The van der Waals surface area contributed by atoms with E-state index in [2.05, 4.69) is 0 Å². The number of carboxylic acid groups (broad SMARTS) is 1. The first kappa shape index (κ1) is 11.4. The van der Waals surface area contributed by atoms with E-state index in [-0.39, 0.29) is 29.9 Å². The van der Waals surface area contributed by atoms with Gasteiger partial charge in [-0.05, 0) is 12.0 Å². The fraction of sp³-hybridized carbons (Fsp3) is 0.125. The highest BCUT2D eigenvalue weighted by atomic mass is 16.4. The van der Waals surface area contributed by atoms with Gasteiger partial charge in [0.1, 0.15) is 6.04 Å². The van der Waals surface area contributed by atoms with Crippen molar-refractivity contribution >= 4 is 11.8 Å². The van der Waals surface area contributed by atoms with Crippen molar-refractivity contribution in [2.24, 2.45) is 5.73 Å². The van der Waals surface area contributed by atoms with Crippen LogP contribution >= 0.6 is 0 Å². The van der Waals surface area contributed by atoms with Crippen LogP contribution in [0.5, 0.6) is 0 Å². The summed E-state index contributed by atoms with van der Waals surface area (Å²) < 4.78 is 15.3. The van der Waals surface area contributed by atoms with Crippen LogP contribution in [-0.4, -0.2) is 22.9 Å². The van der Waals surface area contributed by atoms with Gasteiger partial charge in [0, 0.05) is 11.1 Å². The van der Waals surface area contributed by atoms with Gasteiger partial charge in [0.25, 0.3) is 0 Å². The summed E-state index contributed by atoms with van der Waals surface area (Å²) in [4.78, 5) is 23.1. The second-order valence-corrected chi connectivity index (χ2v) is 4.38. The van der Waals surface area contributed by atoms with Crippen molar-refractivity contribution in [3.05, 3.63) is 71.2 Å². The van der Waals surface area contributed by atoms with E-state index in [9.17, 15) is 9.59 Å². The Balaban J connectivity index is 2.21. The molecule has 3 N–H and O–H groups in total. The van der Waals surface area contributed by atoms with E-state index < -0.39 is 12.0 Å². The number of nitrogens with two attached hydrogens (primary N) is 1. The quantitative estimate of drug-likeness (QED) is 0.815. The number of carboxylic acids is 1. The Kier molecular flexibility index (Phi) is 3.48. The Bertz CT molecular complexity index is 714. The fourth-order valence-electron chi connectivity index (χ4n) is 1.77. The first-order valence-corrected chi connectivity index (χ1v) is 6.08. The molecule has 2 aromatic carbocycles. The highest BCUT2D eigenvalue weighted by molar-refractivity contribution is 6.08. The van der Waals surface area contributed by atoms with Crippen LogP contribution in [0.3, 0.4) is 0 Å². The Morgan fingerprint density at radius 1 is 1.15 bits per heavy atom. The highest BCUT2D eigenvalue weighted by Gasteiger charge is 2.13. The van der Waals surface area contributed by atoms with Crippen molar-refractivity contribution in [2.45, 2.75) is 12.5 Å². The lowest BCUT2D eigenvalue weighted by Gasteiger charge is -2.07. The molecule has 0 saturated carbocycles. The predicted octanol–water partition coefficient (Wildman–Crippen LogP) is 1.87. The van der Waals surface area contributed by atoms with Gasteiger partial charge < -0.3 is 10.8 Å². The summed E-state index contributed by atoms with van der Waals surface area (Å²) in [5.41, 5.74) is 6.73. The second kappa shape index (κ2) is 6.12. The van der Waals surface area contributed by atoms with Crippen LogP contribution in [0, 0.1) is 0 Å². The second-order valence-electron chi connectivity index (χ2n) is 4.38. The first-order valence-electron chi connectivity index (χ1n) is 7.08. The summed E-state index contributed by atoms with van der Waals surface area (Å²) in [5.74, 6) is -1.42. The molecular formula is C16H15NO3. The zero-order chi connectivity index (χ0) is 16.3. The molecule has 0 bridgehead atoms. The van der Waals surface area contributed by atoms with E-state index in [0.717, 1.165) is 0 Å². The molecule has 4 nitrogen and oxygen atoms in total. The normalized spacial score (nSPS) is 13.2. The van der Waals surface area contributed by atoms with Crippen LogP contribution in [0.2, 0.25) is 0 Å². The molecule has 0 saturated heterocycles. The number of hydrogen-bond donors (Lipinski definition) is 2. The molecule has 0 aromatic heterocycles. The predicted molar refractivity (Wildman–Crippen MR) is 75.6 cm³/mol. The van der Waals surface area contributed by atoms with Gasteiger partial charge >= 0.3 is 5.97 Å². The minimum Gasteiger partial charge on any atom is -0.480 e. The third-order valence-corrected chi connectivity index (χ3v) is 2.88. The van der Waals surface area contributed by atoms with Crippen LogP contribution < -0.4 is 5.73 Å². The monoisotopic (exact) mass is 273 g/mol. The molecule has 0 heterocycles. The zero-order valence-corrected chi connectivity index (χ0v) is 10.7. The molecule has 0 spiro atoms. The fourth-order valence-corrected chi connectivity index (χ4v) is 1.77. The standard InChI is InChI=1S/C16H15NO3/c17-14(16(19)20)10-11-6-8-13(9-7-11)15(18)12-4-2-1-3-5-12/h1-9,14H,10,17H2,(H,19,20)/i2T,5T. The van der Waals surface area contributed by atoms with Crippen LogP contribution in [0.4, 0.5) is 0 Å². The van der Waals surface area contributed by atoms with Crippen LogP contribution in [0.25, 0.3) is 0 Å². The van der Waals surface area contributed by atoms with Crippen molar-refractivity contribution in [1.82, 2.24) is 0 Å². The number of rotatable bonds is 5. The minimum absolute atomic E-state index is 0.0676. The summed E-state index contributed by atoms with van der Waals surface area (Å²) in [6, 6.07) is 9.91. The Labute approximate surface area is 119 Å². The van der Waals surface area contributed by atoms with Gasteiger partial charge in [0.05, 0.1) is 2.74 Å². The first-order chi connectivity index (χ1) is 10.4. The molecule has 2 aromatic rings. The molecule has 0 aliphatic heterocycles. The number of carbonyl (C=O) groups excluding carboxylic acids is 1. The maximum Gasteiger partial charge on any atom is 0.320 e. The zero-order valence-electron chi connectivity index (χ0n) is 12.7. The lowest BCUT2D eigenvalue weighted by Crippen LogP contribution is -2.32. The number of carbonyl (C=O) groups is 2. The van der Waals surface area contributed by atoms with E-state index in [1.165, 1.54) is 18.2 Å². The number of aliphatic carboxylic acids is 1. The topological polar surface area (TPSA) is 80.4 Å².